The summed E-state index contributed by atoms with van der Waals surface area (Å²) in [4.78, 5) is 10.8. The van der Waals surface area contributed by atoms with Crippen LogP contribution >= 0.6 is 11.6 Å². The van der Waals surface area contributed by atoms with Gasteiger partial charge in [-0.25, -0.2) is 4.98 Å². The van der Waals surface area contributed by atoms with E-state index >= 15 is 0 Å². The Kier molecular flexibility index (Phi) is 3.06. The van der Waals surface area contributed by atoms with E-state index in [2.05, 4.69) is 16.5 Å². The molecule has 0 fully saturated rings. The van der Waals surface area contributed by atoms with E-state index in [1.807, 2.05) is 30.2 Å². The smallest absolute Gasteiger partial charge is 0.147 e. The minimum Gasteiger partial charge on any atom is -0.355 e. The molecule has 0 bridgehead atoms. The molecule has 2 rings (SSSR count). The number of aromatic nitrogens is 2. The highest BCUT2D eigenvalue weighted by Gasteiger charge is 2.03. The molecule has 0 aliphatic carbocycles. The second kappa shape index (κ2) is 4.49. The van der Waals surface area contributed by atoms with Crippen molar-refractivity contribution in [2.75, 3.05) is 18.5 Å². The van der Waals surface area contributed by atoms with Gasteiger partial charge in [0.05, 0.1) is 17.2 Å². The Morgan fingerprint density at radius 1 is 1.44 bits per heavy atom. The van der Waals surface area contributed by atoms with Gasteiger partial charge in [-0.05, 0) is 18.2 Å². The molecular formula is C12H12ClN3. The highest BCUT2D eigenvalue weighted by molar-refractivity contribution is 6.31. The van der Waals surface area contributed by atoms with Crippen LogP contribution in [-0.2, 0) is 0 Å². The van der Waals surface area contributed by atoms with Gasteiger partial charge in [-0.3, -0.25) is 4.98 Å². The van der Waals surface area contributed by atoms with Gasteiger partial charge in [0.1, 0.15) is 5.82 Å². The second-order valence-electron chi connectivity index (χ2n) is 3.53. The lowest BCUT2D eigenvalue weighted by Crippen LogP contribution is -2.18. The minimum absolute atomic E-state index is 0.675. The zero-order valence-electron chi connectivity index (χ0n) is 9.02. The zero-order chi connectivity index (χ0) is 11.5. The summed E-state index contributed by atoms with van der Waals surface area (Å²) in [5.41, 5.74) is 1.65. The van der Waals surface area contributed by atoms with Gasteiger partial charge in [0.15, 0.2) is 0 Å². The molecule has 82 valence electrons. The molecule has 1 aromatic carbocycles. The first kappa shape index (κ1) is 10.9. The second-order valence-corrected chi connectivity index (χ2v) is 3.97. The van der Waals surface area contributed by atoms with Crippen molar-refractivity contribution in [1.29, 1.82) is 0 Å². The SMILES string of the molecule is C=CCN(C)c1cnc2cc(Cl)ccc2n1. The molecule has 0 N–H and O–H groups in total. The zero-order valence-corrected chi connectivity index (χ0v) is 9.78. The van der Waals surface area contributed by atoms with Crippen LogP contribution in [0.1, 0.15) is 0 Å². The van der Waals surface area contributed by atoms with Crippen LogP contribution in [-0.4, -0.2) is 23.6 Å². The van der Waals surface area contributed by atoms with Crippen molar-refractivity contribution in [1.82, 2.24) is 9.97 Å². The van der Waals surface area contributed by atoms with E-state index in [-0.39, 0.29) is 0 Å². The number of anilines is 1. The Morgan fingerprint density at radius 3 is 3.00 bits per heavy atom. The molecule has 16 heavy (non-hydrogen) atoms. The van der Waals surface area contributed by atoms with Crippen LogP contribution in [0.4, 0.5) is 5.82 Å². The fraction of sp³-hybridized carbons (Fsp3) is 0.167. The van der Waals surface area contributed by atoms with E-state index < -0.39 is 0 Å². The monoisotopic (exact) mass is 233 g/mol. The van der Waals surface area contributed by atoms with E-state index in [9.17, 15) is 0 Å². The molecule has 0 aliphatic heterocycles. The van der Waals surface area contributed by atoms with Gasteiger partial charge in [0.2, 0.25) is 0 Å². The summed E-state index contributed by atoms with van der Waals surface area (Å²) in [6, 6.07) is 5.49. The summed E-state index contributed by atoms with van der Waals surface area (Å²) >= 11 is 5.88. The highest BCUT2D eigenvalue weighted by Crippen LogP contribution is 2.18. The fourth-order valence-electron chi connectivity index (χ4n) is 1.45. The summed E-state index contributed by atoms with van der Waals surface area (Å²) in [5.74, 6) is 0.828. The van der Waals surface area contributed by atoms with Crippen molar-refractivity contribution in [3.8, 4) is 0 Å². The molecule has 1 heterocycles. The first-order chi connectivity index (χ1) is 7.70. The molecule has 2 aromatic rings. The largest absolute Gasteiger partial charge is 0.355 e. The van der Waals surface area contributed by atoms with Crippen molar-refractivity contribution in [3.05, 3.63) is 42.1 Å². The van der Waals surface area contributed by atoms with Gasteiger partial charge in [-0.2, -0.15) is 0 Å². The first-order valence-electron chi connectivity index (χ1n) is 4.95. The highest BCUT2D eigenvalue weighted by atomic mass is 35.5. The fourth-order valence-corrected chi connectivity index (χ4v) is 1.61. The van der Waals surface area contributed by atoms with Crippen LogP contribution in [0.5, 0.6) is 0 Å². The summed E-state index contributed by atoms with van der Waals surface area (Å²) in [6.07, 6.45) is 3.57. The topological polar surface area (TPSA) is 29.0 Å². The van der Waals surface area contributed by atoms with Gasteiger partial charge >= 0.3 is 0 Å². The average molecular weight is 234 g/mol. The Hall–Kier alpha value is -1.61. The quantitative estimate of drug-likeness (QED) is 0.764. The lowest BCUT2D eigenvalue weighted by atomic mass is 10.3. The number of fused-ring (bicyclic) bond motifs is 1. The number of nitrogens with zero attached hydrogens (tertiary/aromatic N) is 3. The molecular weight excluding hydrogens is 222 g/mol. The van der Waals surface area contributed by atoms with Gasteiger partial charge in [-0.1, -0.05) is 17.7 Å². The van der Waals surface area contributed by atoms with Crippen molar-refractivity contribution >= 4 is 28.5 Å². The first-order valence-corrected chi connectivity index (χ1v) is 5.33. The summed E-state index contributed by atoms with van der Waals surface area (Å²) in [6.45, 7) is 4.44. The molecule has 0 radical (unpaired) electrons. The van der Waals surface area contributed by atoms with Crippen molar-refractivity contribution < 1.29 is 0 Å². The third-order valence-electron chi connectivity index (χ3n) is 2.29. The third kappa shape index (κ3) is 2.14. The number of hydrogen-bond acceptors (Lipinski definition) is 3. The Labute approximate surface area is 99.4 Å². The third-order valence-corrected chi connectivity index (χ3v) is 2.52. The van der Waals surface area contributed by atoms with Gasteiger partial charge in [0.25, 0.3) is 0 Å². The molecule has 0 saturated carbocycles. The lowest BCUT2D eigenvalue weighted by Gasteiger charge is -2.15. The van der Waals surface area contributed by atoms with Crippen molar-refractivity contribution in [2.24, 2.45) is 0 Å². The number of rotatable bonds is 3. The number of hydrogen-bond donors (Lipinski definition) is 0. The minimum atomic E-state index is 0.675. The normalized spacial score (nSPS) is 10.4. The Balaban J connectivity index is 2.44. The van der Waals surface area contributed by atoms with Crippen LogP contribution in [0.15, 0.2) is 37.1 Å². The molecule has 3 nitrogen and oxygen atoms in total. The summed E-state index contributed by atoms with van der Waals surface area (Å²) in [7, 11) is 1.95. The van der Waals surface area contributed by atoms with E-state index in [1.165, 1.54) is 0 Å². The molecule has 0 aliphatic rings. The molecule has 4 heteroatoms. The predicted octanol–water partition coefficient (Wildman–Crippen LogP) is 2.91. The summed E-state index contributed by atoms with van der Waals surface area (Å²) < 4.78 is 0. The maximum absolute atomic E-state index is 5.88. The Bertz CT molecular complexity index is 525. The van der Waals surface area contributed by atoms with E-state index in [0.717, 1.165) is 23.4 Å². The maximum Gasteiger partial charge on any atom is 0.147 e. The molecule has 1 aromatic heterocycles. The van der Waals surface area contributed by atoms with Crippen molar-refractivity contribution in [3.63, 3.8) is 0 Å². The van der Waals surface area contributed by atoms with Crippen LogP contribution in [0.2, 0.25) is 5.02 Å². The molecule has 0 atom stereocenters. The van der Waals surface area contributed by atoms with E-state index in [1.54, 1.807) is 12.3 Å². The average Bonchev–Trinajstić information content (AvgIpc) is 2.28. The Morgan fingerprint density at radius 2 is 2.25 bits per heavy atom. The van der Waals surface area contributed by atoms with Crippen LogP contribution in [0.25, 0.3) is 11.0 Å². The molecule has 0 spiro atoms. The number of likely N-dealkylation sites (N-methyl/N-ethyl adjacent to an activating group) is 1. The molecule has 0 amide bonds. The molecule has 0 unspecified atom stereocenters. The van der Waals surface area contributed by atoms with Gasteiger partial charge in [-0.15, -0.1) is 6.58 Å². The van der Waals surface area contributed by atoms with Crippen LogP contribution < -0.4 is 4.90 Å². The van der Waals surface area contributed by atoms with E-state index in [0.29, 0.717) is 5.02 Å². The van der Waals surface area contributed by atoms with Gasteiger partial charge < -0.3 is 4.90 Å². The number of benzene rings is 1. The van der Waals surface area contributed by atoms with Crippen molar-refractivity contribution in [2.45, 2.75) is 0 Å². The molecule has 0 saturated heterocycles. The van der Waals surface area contributed by atoms with Gasteiger partial charge in [0, 0.05) is 18.6 Å². The lowest BCUT2D eigenvalue weighted by molar-refractivity contribution is 0.990. The van der Waals surface area contributed by atoms with E-state index in [4.69, 9.17) is 11.6 Å². The van der Waals surface area contributed by atoms with Crippen LogP contribution in [0, 0.1) is 0 Å². The number of halogens is 1. The van der Waals surface area contributed by atoms with Crippen LogP contribution in [0.3, 0.4) is 0 Å². The standard InChI is InChI=1S/C12H12ClN3/c1-3-6-16(2)12-8-14-11-7-9(13)4-5-10(11)15-12/h3-5,7-8H,1,6H2,2H3. The maximum atomic E-state index is 5.88. The summed E-state index contributed by atoms with van der Waals surface area (Å²) in [5, 5.41) is 0.675. The predicted molar refractivity (Wildman–Crippen MR) is 68.0 cm³/mol.